The molecule has 0 unspecified atom stereocenters. The van der Waals surface area contributed by atoms with Gasteiger partial charge in [0.2, 0.25) is 0 Å². The molecule has 1 heterocycles. The highest BCUT2D eigenvalue weighted by molar-refractivity contribution is 5.99. The summed E-state index contributed by atoms with van der Waals surface area (Å²) in [5.74, 6) is 0.484. The van der Waals surface area contributed by atoms with Gasteiger partial charge in [-0.2, -0.15) is 0 Å². The highest BCUT2D eigenvalue weighted by Gasteiger charge is 2.15. The molecule has 0 spiro atoms. The van der Waals surface area contributed by atoms with Crippen molar-refractivity contribution < 1.29 is 47.7 Å². The fraction of sp³-hybridized carbons (Fsp3) is 0.318. The Bertz CT molecular complexity index is 2280. The zero-order chi connectivity index (χ0) is 44.4. The smallest absolute Gasteiger partial charge is 0.384 e. The lowest BCUT2D eigenvalue weighted by molar-refractivity contribution is -0.138. The molecule has 4 aromatic rings. The van der Waals surface area contributed by atoms with Crippen LogP contribution in [0.1, 0.15) is 60.6 Å². The molecule has 0 bridgehead atoms. The lowest BCUT2D eigenvalue weighted by atomic mass is 9.99. The molecule has 0 aliphatic carbocycles. The second-order valence-electron chi connectivity index (χ2n) is 12.7. The van der Waals surface area contributed by atoms with E-state index in [2.05, 4.69) is 60.8 Å². The van der Waals surface area contributed by atoms with Crippen molar-refractivity contribution in [3.8, 4) is 11.8 Å². The number of rotatable bonds is 5. The number of nitrogen functional groups attached to an aromatic ring is 1. The molecule has 0 aliphatic heterocycles. The number of benzene rings is 3. The fourth-order valence-corrected chi connectivity index (χ4v) is 4.89. The van der Waals surface area contributed by atoms with Crippen LogP contribution in [0.3, 0.4) is 0 Å². The predicted octanol–water partition coefficient (Wildman–Crippen LogP) is 6.02. The quantitative estimate of drug-likeness (QED) is 0.0529. The molecule has 14 nitrogen and oxygen atoms in total. The van der Waals surface area contributed by atoms with Crippen molar-refractivity contribution in [2.75, 3.05) is 46.6 Å². The minimum Gasteiger partial charge on any atom is -0.466 e. The molecule has 58 heavy (non-hydrogen) atoms. The third-order valence-electron chi connectivity index (χ3n) is 9.30. The van der Waals surface area contributed by atoms with Crippen LogP contribution in [-0.4, -0.2) is 70.4 Å². The summed E-state index contributed by atoms with van der Waals surface area (Å²) in [4.78, 5) is 69.9. The number of hydrogen-bond acceptors (Lipinski definition) is 13. The maximum atomic E-state index is 12.0. The SMILES string of the molecule is COC(=O)/C=C(/Nc1ccc(C)c(C)c1C)C(=O)OC.COC(=O)C#CC(=O)OC.COC(=O)c1cc(=O)c2cc(C)c(C)c(C)c2[nH]1.Cc1ccc(N)c(C)c1C. The van der Waals surface area contributed by atoms with E-state index < -0.39 is 29.8 Å². The lowest BCUT2D eigenvalue weighted by Gasteiger charge is -2.14. The van der Waals surface area contributed by atoms with Crippen molar-refractivity contribution in [2.45, 2.75) is 62.3 Å². The number of methoxy groups -OCH3 is 5. The Labute approximate surface area is 339 Å². The molecule has 0 atom stereocenters. The molecule has 0 aliphatic rings. The van der Waals surface area contributed by atoms with Gasteiger partial charge in [0.05, 0.1) is 47.1 Å². The van der Waals surface area contributed by atoms with E-state index in [-0.39, 0.29) is 16.8 Å². The van der Waals surface area contributed by atoms with Crippen molar-refractivity contribution in [1.82, 2.24) is 4.98 Å². The molecule has 0 amide bonds. The molecule has 0 radical (unpaired) electrons. The first-order valence-electron chi connectivity index (χ1n) is 17.6. The van der Waals surface area contributed by atoms with Gasteiger partial charge in [-0.25, -0.2) is 24.0 Å². The summed E-state index contributed by atoms with van der Waals surface area (Å²) in [6.45, 7) is 18.1. The number of carbonyl (C=O) groups is 5. The number of esters is 5. The number of hydrogen-bond donors (Lipinski definition) is 3. The monoisotopic (exact) mass is 799 g/mol. The van der Waals surface area contributed by atoms with Crippen LogP contribution >= 0.6 is 0 Å². The first-order chi connectivity index (χ1) is 27.2. The van der Waals surface area contributed by atoms with E-state index in [1.165, 1.54) is 58.3 Å². The number of fused-ring (bicyclic) bond motifs is 1. The van der Waals surface area contributed by atoms with Crippen molar-refractivity contribution in [1.29, 1.82) is 0 Å². The van der Waals surface area contributed by atoms with E-state index in [0.717, 1.165) is 50.8 Å². The highest BCUT2D eigenvalue weighted by atomic mass is 16.5. The molecular weight excluding hydrogens is 746 g/mol. The number of aryl methyl sites for hydroxylation is 4. The van der Waals surface area contributed by atoms with E-state index in [4.69, 9.17) is 5.73 Å². The summed E-state index contributed by atoms with van der Waals surface area (Å²) in [6, 6.07) is 10.9. The van der Waals surface area contributed by atoms with Gasteiger partial charge in [-0.05, 0) is 131 Å². The fourth-order valence-electron chi connectivity index (χ4n) is 4.89. The largest absolute Gasteiger partial charge is 0.466 e. The Hall–Kier alpha value is -6.88. The van der Waals surface area contributed by atoms with Gasteiger partial charge < -0.3 is 39.7 Å². The Morgan fingerprint density at radius 1 is 0.621 bits per heavy atom. The van der Waals surface area contributed by atoms with E-state index >= 15 is 0 Å². The summed E-state index contributed by atoms with van der Waals surface area (Å²) in [5.41, 5.74) is 18.3. The Kier molecular flexibility index (Phi) is 19.7. The average molecular weight is 800 g/mol. The number of H-pyrrole nitrogens is 1. The lowest BCUT2D eigenvalue weighted by Crippen LogP contribution is -2.16. The van der Waals surface area contributed by atoms with Crippen LogP contribution in [0.15, 0.2) is 53.0 Å². The predicted molar refractivity (Wildman–Crippen MR) is 223 cm³/mol. The number of aromatic nitrogens is 1. The molecule has 1 aromatic heterocycles. The van der Waals surface area contributed by atoms with Gasteiger partial charge in [0.15, 0.2) is 5.43 Å². The van der Waals surface area contributed by atoms with Crippen LogP contribution in [0.25, 0.3) is 10.9 Å². The van der Waals surface area contributed by atoms with E-state index in [9.17, 15) is 28.8 Å². The van der Waals surface area contributed by atoms with Gasteiger partial charge in [-0.1, -0.05) is 12.1 Å². The van der Waals surface area contributed by atoms with E-state index in [1.54, 1.807) is 0 Å². The molecule has 310 valence electrons. The second kappa shape index (κ2) is 23.2. The summed E-state index contributed by atoms with van der Waals surface area (Å²) in [6.07, 6.45) is 1.07. The normalized spacial score (nSPS) is 10.0. The molecule has 14 heteroatoms. The minimum absolute atomic E-state index is 0.0331. The van der Waals surface area contributed by atoms with Crippen LogP contribution < -0.4 is 16.5 Å². The van der Waals surface area contributed by atoms with Gasteiger partial charge in [0.1, 0.15) is 11.4 Å². The summed E-state index contributed by atoms with van der Waals surface area (Å²) in [7, 11) is 6.14. The number of anilines is 2. The van der Waals surface area contributed by atoms with Crippen molar-refractivity contribution in [3.05, 3.63) is 114 Å². The highest BCUT2D eigenvalue weighted by Crippen LogP contribution is 2.24. The minimum atomic E-state index is -0.759. The third-order valence-corrected chi connectivity index (χ3v) is 9.30. The van der Waals surface area contributed by atoms with Crippen LogP contribution in [0.4, 0.5) is 11.4 Å². The van der Waals surface area contributed by atoms with Gasteiger partial charge in [-0.15, -0.1) is 0 Å². The summed E-state index contributed by atoms with van der Waals surface area (Å²) < 4.78 is 22.0. The Morgan fingerprint density at radius 3 is 1.62 bits per heavy atom. The first-order valence-corrected chi connectivity index (χ1v) is 17.6. The van der Waals surface area contributed by atoms with Gasteiger partial charge in [-0.3, -0.25) is 4.79 Å². The molecular formula is C44H53N3O11. The zero-order valence-corrected chi connectivity index (χ0v) is 35.6. The molecule has 4 rings (SSSR count). The summed E-state index contributed by atoms with van der Waals surface area (Å²) >= 11 is 0. The second-order valence-corrected chi connectivity index (χ2v) is 12.7. The number of pyridine rings is 1. The number of nitrogens with one attached hydrogen (secondary N) is 2. The molecule has 0 fully saturated rings. The maximum absolute atomic E-state index is 12.0. The van der Waals surface area contributed by atoms with Crippen LogP contribution in [0.5, 0.6) is 0 Å². The molecule has 4 N–H and O–H groups in total. The van der Waals surface area contributed by atoms with Crippen LogP contribution in [0, 0.1) is 74.2 Å². The van der Waals surface area contributed by atoms with Gasteiger partial charge in [0, 0.05) is 34.7 Å². The van der Waals surface area contributed by atoms with Crippen molar-refractivity contribution in [2.24, 2.45) is 0 Å². The Morgan fingerprint density at radius 2 is 1.14 bits per heavy atom. The summed E-state index contributed by atoms with van der Waals surface area (Å²) in [5, 5.41) is 3.52. The molecule has 0 saturated carbocycles. The van der Waals surface area contributed by atoms with Gasteiger partial charge >= 0.3 is 29.8 Å². The van der Waals surface area contributed by atoms with E-state index in [0.29, 0.717) is 10.9 Å². The zero-order valence-electron chi connectivity index (χ0n) is 35.6. The number of carbonyl (C=O) groups excluding carboxylic acids is 5. The standard InChI is InChI=1S/C15H19NO4.C14H15NO3.C9H13N.C6H6O4/c1-9-6-7-12(11(3)10(9)2)16-13(15(18)20-5)8-14(17)19-4;1-7-5-10-12(16)6-11(14(17)18-4)15-13(10)9(3)8(7)2;1-6-4-5-9(10)8(3)7(6)2;1-9-5(7)3-4-6(8)10-2/h6-8,16H,1-5H3;5-6H,1-4H3,(H,15,16);4-5H,10H2,1-3H3;1-2H3/b13-8+;;;. The van der Waals surface area contributed by atoms with E-state index in [1.807, 2.05) is 77.6 Å². The Balaban J connectivity index is 0.000000405. The maximum Gasteiger partial charge on any atom is 0.384 e. The van der Waals surface area contributed by atoms with Gasteiger partial charge in [0.25, 0.3) is 0 Å². The number of aromatic amines is 1. The molecule has 3 aromatic carbocycles. The van der Waals surface area contributed by atoms with Crippen LogP contribution in [-0.2, 0) is 42.9 Å². The van der Waals surface area contributed by atoms with Crippen molar-refractivity contribution in [3.63, 3.8) is 0 Å². The average Bonchev–Trinajstić information content (AvgIpc) is 3.22. The first kappa shape index (κ1) is 49.1. The number of nitrogens with two attached hydrogens (primary N) is 1. The number of ether oxygens (including phenoxy) is 5. The topological polar surface area (TPSA) is 202 Å². The third kappa shape index (κ3) is 14.0. The van der Waals surface area contributed by atoms with Crippen molar-refractivity contribution >= 4 is 52.1 Å². The van der Waals surface area contributed by atoms with Crippen LogP contribution in [0.2, 0.25) is 0 Å². The molecule has 0 saturated heterocycles.